The molecule has 1 aliphatic heterocycles. The summed E-state index contributed by atoms with van der Waals surface area (Å²) in [5.74, 6) is 1.61. The van der Waals surface area contributed by atoms with E-state index < -0.39 is 0 Å². The molecule has 0 spiro atoms. The molecule has 1 saturated heterocycles. The first kappa shape index (κ1) is 13.0. The second-order valence-electron chi connectivity index (χ2n) is 5.17. The second-order valence-corrected chi connectivity index (χ2v) is 5.17. The van der Waals surface area contributed by atoms with Crippen LogP contribution in [0.3, 0.4) is 0 Å². The summed E-state index contributed by atoms with van der Waals surface area (Å²) < 4.78 is 0. The fourth-order valence-corrected chi connectivity index (χ4v) is 2.34. The summed E-state index contributed by atoms with van der Waals surface area (Å²) in [4.78, 5) is 6.91. The van der Waals surface area contributed by atoms with E-state index in [0.717, 1.165) is 37.6 Å². The van der Waals surface area contributed by atoms with Gasteiger partial charge in [0.05, 0.1) is 6.20 Å². The molecule has 1 aliphatic rings. The molecule has 2 aromatic rings. The van der Waals surface area contributed by atoms with Crippen LogP contribution in [0.1, 0.15) is 11.1 Å². The lowest BCUT2D eigenvalue weighted by atomic mass is 10.1. The van der Waals surface area contributed by atoms with Crippen molar-refractivity contribution in [3.05, 3.63) is 35.5 Å². The molecule has 0 radical (unpaired) electrons. The van der Waals surface area contributed by atoms with Crippen molar-refractivity contribution < 1.29 is 0 Å². The zero-order valence-corrected chi connectivity index (χ0v) is 11.9. The van der Waals surface area contributed by atoms with Crippen LogP contribution >= 0.6 is 0 Å². The van der Waals surface area contributed by atoms with Crippen LogP contribution in [0.4, 0.5) is 5.82 Å². The number of anilines is 1. The Labute approximate surface area is 119 Å². The Morgan fingerprint density at radius 1 is 1.10 bits per heavy atom. The zero-order chi connectivity index (χ0) is 13.9. The Bertz CT molecular complexity index is 605. The number of nitrogens with one attached hydrogen (secondary N) is 1. The molecule has 0 saturated carbocycles. The standard InChI is InChI=1S/C15H19N5/c1-11-3-4-13(9-12(11)2)15-18-14(10-17-19-15)20-7-5-16-6-8-20/h3-4,9-10,16H,5-8H2,1-2H3. The number of aryl methyl sites for hydroxylation is 2. The van der Waals surface area contributed by atoms with Crippen molar-refractivity contribution >= 4 is 5.82 Å². The third kappa shape index (κ3) is 2.63. The average molecular weight is 269 g/mol. The van der Waals surface area contributed by atoms with Gasteiger partial charge in [0.2, 0.25) is 0 Å². The number of rotatable bonds is 2. The highest BCUT2D eigenvalue weighted by Crippen LogP contribution is 2.20. The monoisotopic (exact) mass is 269 g/mol. The van der Waals surface area contributed by atoms with Gasteiger partial charge in [0.15, 0.2) is 11.6 Å². The van der Waals surface area contributed by atoms with Crippen molar-refractivity contribution in [1.29, 1.82) is 0 Å². The van der Waals surface area contributed by atoms with Gasteiger partial charge in [0.1, 0.15) is 0 Å². The lowest BCUT2D eigenvalue weighted by Crippen LogP contribution is -2.44. The van der Waals surface area contributed by atoms with Crippen LogP contribution in [-0.2, 0) is 0 Å². The van der Waals surface area contributed by atoms with E-state index in [1.54, 1.807) is 6.20 Å². The predicted octanol–water partition coefficient (Wildman–Crippen LogP) is 1.57. The normalized spacial score (nSPS) is 15.4. The largest absolute Gasteiger partial charge is 0.353 e. The van der Waals surface area contributed by atoms with Crippen LogP contribution in [0.2, 0.25) is 0 Å². The van der Waals surface area contributed by atoms with E-state index in [2.05, 4.69) is 57.4 Å². The topological polar surface area (TPSA) is 53.9 Å². The molecule has 0 atom stereocenters. The van der Waals surface area contributed by atoms with Gasteiger partial charge in [-0.25, -0.2) is 4.98 Å². The summed E-state index contributed by atoms with van der Waals surface area (Å²) in [5.41, 5.74) is 3.55. The number of piperazine rings is 1. The van der Waals surface area contributed by atoms with E-state index >= 15 is 0 Å². The molecule has 1 aromatic heterocycles. The molecule has 3 rings (SSSR count). The number of nitrogens with zero attached hydrogens (tertiary/aromatic N) is 4. The molecule has 0 unspecified atom stereocenters. The lowest BCUT2D eigenvalue weighted by molar-refractivity contribution is 0.583. The van der Waals surface area contributed by atoms with Gasteiger partial charge in [-0.2, -0.15) is 5.10 Å². The van der Waals surface area contributed by atoms with Crippen LogP contribution in [0.15, 0.2) is 24.4 Å². The molecule has 0 bridgehead atoms. The molecule has 20 heavy (non-hydrogen) atoms. The van der Waals surface area contributed by atoms with E-state index in [1.165, 1.54) is 11.1 Å². The van der Waals surface area contributed by atoms with Crippen LogP contribution in [-0.4, -0.2) is 41.4 Å². The van der Waals surface area contributed by atoms with Crippen molar-refractivity contribution in [3.63, 3.8) is 0 Å². The highest BCUT2D eigenvalue weighted by molar-refractivity contribution is 5.58. The minimum atomic E-state index is 0.698. The second kappa shape index (κ2) is 5.54. The molecule has 1 N–H and O–H groups in total. The molecular weight excluding hydrogens is 250 g/mol. The van der Waals surface area contributed by atoms with Crippen molar-refractivity contribution in [2.45, 2.75) is 13.8 Å². The summed E-state index contributed by atoms with van der Waals surface area (Å²) in [6, 6.07) is 6.28. The number of benzene rings is 1. The average Bonchev–Trinajstić information content (AvgIpc) is 2.51. The van der Waals surface area contributed by atoms with Crippen molar-refractivity contribution in [2.75, 3.05) is 31.1 Å². The van der Waals surface area contributed by atoms with Crippen LogP contribution in [0, 0.1) is 13.8 Å². The first-order valence-electron chi connectivity index (χ1n) is 6.97. The smallest absolute Gasteiger partial charge is 0.183 e. The predicted molar refractivity (Wildman–Crippen MR) is 79.8 cm³/mol. The third-order valence-corrected chi connectivity index (χ3v) is 3.75. The highest BCUT2D eigenvalue weighted by atomic mass is 15.3. The minimum Gasteiger partial charge on any atom is -0.353 e. The van der Waals surface area contributed by atoms with E-state index in [4.69, 9.17) is 0 Å². The molecule has 5 heteroatoms. The van der Waals surface area contributed by atoms with Crippen LogP contribution in [0.5, 0.6) is 0 Å². The Hall–Kier alpha value is -2.01. The SMILES string of the molecule is Cc1ccc(-c2nncc(N3CCNCC3)n2)cc1C. The fourth-order valence-electron chi connectivity index (χ4n) is 2.34. The molecule has 104 valence electrons. The van der Waals surface area contributed by atoms with Gasteiger partial charge in [0.25, 0.3) is 0 Å². The zero-order valence-electron chi connectivity index (χ0n) is 11.9. The van der Waals surface area contributed by atoms with Crippen LogP contribution in [0.25, 0.3) is 11.4 Å². The van der Waals surface area contributed by atoms with Gasteiger partial charge in [-0.3, -0.25) is 0 Å². The van der Waals surface area contributed by atoms with Gasteiger partial charge in [-0.1, -0.05) is 12.1 Å². The van der Waals surface area contributed by atoms with E-state index in [9.17, 15) is 0 Å². The van der Waals surface area contributed by atoms with Gasteiger partial charge in [-0.05, 0) is 31.0 Å². The van der Waals surface area contributed by atoms with Gasteiger partial charge < -0.3 is 10.2 Å². The molecule has 0 amide bonds. The number of hydrogen-bond acceptors (Lipinski definition) is 5. The Morgan fingerprint density at radius 3 is 2.65 bits per heavy atom. The molecule has 1 fully saturated rings. The Morgan fingerprint density at radius 2 is 1.90 bits per heavy atom. The minimum absolute atomic E-state index is 0.698. The summed E-state index contributed by atoms with van der Waals surface area (Å²) in [7, 11) is 0. The highest BCUT2D eigenvalue weighted by Gasteiger charge is 2.13. The summed E-state index contributed by atoms with van der Waals surface area (Å²) >= 11 is 0. The summed E-state index contributed by atoms with van der Waals surface area (Å²) in [5, 5.41) is 11.6. The van der Waals surface area contributed by atoms with E-state index in [-0.39, 0.29) is 0 Å². The maximum atomic E-state index is 4.66. The Kier molecular flexibility index (Phi) is 3.60. The van der Waals surface area contributed by atoms with Gasteiger partial charge in [0, 0.05) is 31.7 Å². The lowest BCUT2D eigenvalue weighted by Gasteiger charge is -2.28. The van der Waals surface area contributed by atoms with Gasteiger partial charge in [-0.15, -0.1) is 5.10 Å². The van der Waals surface area contributed by atoms with Crippen molar-refractivity contribution in [1.82, 2.24) is 20.5 Å². The molecule has 5 nitrogen and oxygen atoms in total. The maximum Gasteiger partial charge on any atom is 0.183 e. The van der Waals surface area contributed by atoms with Crippen molar-refractivity contribution in [3.8, 4) is 11.4 Å². The first-order chi connectivity index (χ1) is 9.74. The third-order valence-electron chi connectivity index (χ3n) is 3.75. The van der Waals surface area contributed by atoms with Crippen molar-refractivity contribution in [2.24, 2.45) is 0 Å². The van der Waals surface area contributed by atoms with Gasteiger partial charge >= 0.3 is 0 Å². The maximum absolute atomic E-state index is 4.66. The summed E-state index contributed by atoms with van der Waals surface area (Å²) in [6.45, 7) is 8.11. The number of hydrogen-bond donors (Lipinski definition) is 1. The van der Waals surface area contributed by atoms with E-state index in [1.807, 2.05) is 0 Å². The quantitative estimate of drug-likeness (QED) is 0.896. The molecule has 1 aromatic carbocycles. The first-order valence-corrected chi connectivity index (χ1v) is 6.97. The Balaban J connectivity index is 1.91. The molecule has 2 heterocycles. The number of aromatic nitrogens is 3. The van der Waals surface area contributed by atoms with Crippen LogP contribution < -0.4 is 10.2 Å². The molecule has 0 aliphatic carbocycles. The van der Waals surface area contributed by atoms with E-state index in [0.29, 0.717) is 5.82 Å². The fraction of sp³-hybridized carbons (Fsp3) is 0.400. The summed E-state index contributed by atoms with van der Waals surface area (Å²) in [6.07, 6.45) is 1.75. The molecular formula is C15H19N5.